The van der Waals surface area contributed by atoms with Gasteiger partial charge in [-0.1, -0.05) is 24.3 Å². The Balaban J connectivity index is 1.74. The van der Waals surface area contributed by atoms with E-state index in [4.69, 9.17) is 15.2 Å². The van der Waals surface area contributed by atoms with Gasteiger partial charge in [-0.3, -0.25) is 4.79 Å². The number of rotatable bonds is 3. The van der Waals surface area contributed by atoms with Gasteiger partial charge in [0.25, 0.3) is 0 Å². The third kappa shape index (κ3) is 3.26. The molecule has 2 aliphatic rings. The Morgan fingerprint density at radius 2 is 1.74 bits per heavy atom. The number of ether oxygens (including phenoxy) is 2. The number of benzene rings is 2. The normalized spacial score (nSPS) is 19.8. The van der Waals surface area contributed by atoms with Crippen LogP contribution in [-0.2, 0) is 27.8 Å². The van der Waals surface area contributed by atoms with Gasteiger partial charge >= 0.3 is 0 Å². The third-order valence-corrected chi connectivity index (χ3v) is 6.71. The molecule has 0 unspecified atom stereocenters. The number of sulfonamides is 1. The molecule has 0 spiro atoms. The molecule has 2 heterocycles. The SMILES string of the molecule is NC(=O)[C@H]1Cc2ccccc2CN1S(=O)(=O)c1ccc2c(c1)OCCCO2. The molecule has 2 aromatic carbocycles. The zero-order valence-electron chi connectivity index (χ0n) is 14.6. The van der Waals surface area contributed by atoms with Gasteiger partial charge in [-0.05, 0) is 29.7 Å². The van der Waals surface area contributed by atoms with Crippen LogP contribution in [0.4, 0.5) is 0 Å². The number of amides is 1. The highest BCUT2D eigenvalue weighted by atomic mass is 32.2. The van der Waals surface area contributed by atoms with Crippen LogP contribution in [0.5, 0.6) is 11.5 Å². The first-order valence-electron chi connectivity index (χ1n) is 8.74. The number of carbonyl (C=O) groups excluding carboxylic acids is 1. The van der Waals surface area contributed by atoms with Crippen LogP contribution in [0.1, 0.15) is 17.5 Å². The molecule has 2 aliphatic heterocycles. The van der Waals surface area contributed by atoms with E-state index in [0.717, 1.165) is 17.5 Å². The highest BCUT2D eigenvalue weighted by molar-refractivity contribution is 7.89. The van der Waals surface area contributed by atoms with E-state index in [-0.39, 0.29) is 17.9 Å². The van der Waals surface area contributed by atoms with Crippen molar-refractivity contribution >= 4 is 15.9 Å². The summed E-state index contributed by atoms with van der Waals surface area (Å²) < 4.78 is 39.0. The molecule has 0 saturated carbocycles. The van der Waals surface area contributed by atoms with Crippen LogP contribution < -0.4 is 15.2 Å². The molecule has 2 N–H and O–H groups in total. The first kappa shape index (κ1) is 17.8. The summed E-state index contributed by atoms with van der Waals surface area (Å²) in [5, 5.41) is 0. The summed E-state index contributed by atoms with van der Waals surface area (Å²) >= 11 is 0. The fourth-order valence-electron chi connectivity index (χ4n) is 3.43. The summed E-state index contributed by atoms with van der Waals surface area (Å²) in [5.74, 6) is 0.242. The van der Waals surface area contributed by atoms with Crippen molar-refractivity contribution in [3.63, 3.8) is 0 Å². The van der Waals surface area contributed by atoms with E-state index in [1.807, 2.05) is 24.3 Å². The Morgan fingerprint density at radius 1 is 1.04 bits per heavy atom. The van der Waals surface area contributed by atoms with Gasteiger partial charge in [-0.2, -0.15) is 4.31 Å². The highest BCUT2D eigenvalue weighted by Crippen LogP contribution is 2.35. The lowest BCUT2D eigenvalue weighted by atomic mass is 9.96. The van der Waals surface area contributed by atoms with Gasteiger partial charge in [0.2, 0.25) is 15.9 Å². The van der Waals surface area contributed by atoms with Crippen LogP contribution in [0.25, 0.3) is 0 Å². The lowest BCUT2D eigenvalue weighted by molar-refractivity contribution is -0.122. The standard InChI is InChI=1S/C19H20N2O5S/c20-19(22)16-10-13-4-1-2-5-14(13)12-21(16)27(23,24)15-6-7-17-18(11-15)26-9-3-8-25-17/h1-2,4-7,11,16H,3,8-10,12H2,(H2,20,22)/t16-/m1/s1. The Labute approximate surface area is 157 Å². The number of nitrogens with two attached hydrogens (primary N) is 1. The fourth-order valence-corrected chi connectivity index (χ4v) is 5.02. The average molecular weight is 388 g/mol. The quantitative estimate of drug-likeness (QED) is 0.858. The van der Waals surface area contributed by atoms with Crippen molar-refractivity contribution < 1.29 is 22.7 Å². The number of fused-ring (bicyclic) bond motifs is 2. The number of carbonyl (C=O) groups is 1. The Morgan fingerprint density at radius 3 is 2.48 bits per heavy atom. The molecule has 4 rings (SSSR count). The first-order chi connectivity index (χ1) is 13.0. The van der Waals surface area contributed by atoms with Gasteiger partial charge < -0.3 is 15.2 Å². The fraction of sp³-hybridized carbons (Fsp3) is 0.316. The van der Waals surface area contributed by atoms with Gasteiger partial charge in [0.1, 0.15) is 6.04 Å². The Kier molecular flexibility index (Phi) is 4.53. The summed E-state index contributed by atoms with van der Waals surface area (Å²) in [4.78, 5) is 12.1. The number of hydrogen-bond acceptors (Lipinski definition) is 5. The first-order valence-corrected chi connectivity index (χ1v) is 10.2. The maximum atomic E-state index is 13.3. The predicted octanol–water partition coefficient (Wildman–Crippen LogP) is 1.45. The minimum Gasteiger partial charge on any atom is -0.490 e. The zero-order chi connectivity index (χ0) is 19.0. The predicted molar refractivity (Wildman–Crippen MR) is 97.9 cm³/mol. The monoisotopic (exact) mass is 388 g/mol. The molecule has 142 valence electrons. The second-order valence-corrected chi connectivity index (χ2v) is 8.49. The van der Waals surface area contributed by atoms with Gasteiger partial charge in [0.05, 0.1) is 18.1 Å². The van der Waals surface area contributed by atoms with E-state index < -0.39 is 22.0 Å². The smallest absolute Gasteiger partial charge is 0.244 e. The van der Waals surface area contributed by atoms with Crippen molar-refractivity contribution in [3.05, 3.63) is 53.6 Å². The van der Waals surface area contributed by atoms with E-state index in [9.17, 15) is 13.2 Å². The Hall–Kier alpha value is -2.58. The van der Waals surface area contributed by atoms with Gasteiger partial charge in [0.15, 0.2) is 11.5 Å². The summed E-state index contributed by atoms with van der Waals surface area (Å²) in [6.45, 7) is 1.07. The highest BCUT2D eigenvalue weighted by Gasteiger charge is 2.39. The van der Waals surface area contributed by atoms with E-state index in [1.165, 1.54) is 16.4 Å². The molecule has 1 amide bonds. The molecule has 1 atom stereocenters. The van der Waals surface area contributed by atoms with Crippen molar-refractivity contribution in [1.29, 1.82) is 0 Å². The molecule has 0 bridgehead atoms. The van der Waals surface area contributed by atoms with Crippen LogP contribution in [0.2, 0.25) is 0 Å². The summed E-state index contributed by atoms with van der Waals surface area (Å²) in [6, 6.07) is 11.1. The minimum absolute atomic E-state index is 0.0531. The minimum atomic E-state index is -3.95. The van der Waals surface area contributed by atoms with Crippen molar-refractivity contribution in [1.82, 2.24) is 4.31 Å². The molecule has 8 heteroatoms. The summed E-state index contributed by atoms with van der Waals surface area (Å²) in [6.07, 6.45) is 0.985. The molecule has 2 aromatic rings. The van der Waals surface area contributed by atoms with Gasteiger partial charge in [-0.25, -0.2) is 8.42 Å². The molecule has 27 heavy (non-hydrogen) atoms. The van der Waals surface area contributed by atoms with Crippen molar-refractivity contribution in [2.75, 3.05) is 13.2 Å². The van der Waals surface area contributed by atoms with Crippen LogP contribution in [0, 0.1) is 0 Å². The van der Waals surface area contributed by atoms with Crippen LogP contribution in [0.3, 0.4) is 0 Å². The van der Waals surface area contributed by atoms with E-state index in [1.54, 1.807) is 6.07 Å². The van der Waals surface area contributed by atoms with Crippen LogP contribution in [-0.4, -0.2) is 37.9 Å². The average Bonchev–Trinajstić information content (AvgIpc) is 2.91. The van der Waals surface area contributed by atoms with Crippen molar-refractivity contribution in [2.24, 2.45) is 5.73 Å². The molecular formula is C19H20N2O5S. The lowest BCUT2D eigenvalue weighted by Crippen LogP contribution is -2.50. The zero-order valence-corrected chi connectivity index (χ0v) is 15.4. The topological polar surface area (TPSA) is 98.9 Å². The van der Waals surface area contributed by atoms with Crippen LogP contribution in [0.15, 0.2) is 47.4 Å². The molecule has 7 nitrogen and oxygen atoms in total. The Bertz CT molecular complexity index is 989. The third-order valence-electron chi connectivity index (χ3n) is 4.86. The van der Waals surface area contributed by atoms with Crippen molar-refractivity contribution in [3.8, 4) is 11.5 Å². The second-order valence-electron chi connectivity index (χ2n) is 6.60. The molecule has 0 fully saturated rings. The summed E-state index contributed by atoms with van der Waals surface area (Å²) in [7, 11) is -3.95. The summed E-state index contributed by atoms with van der Waals surface area (Å²) in [5.41, 5.74) is 7.34. The largest absolute Gasteiger partial charge is 0.490 e. The second kappa shape index (κ2) is 6.86. The molecular weight excluding hydrogens is 368 g/mol. The van der Waals surface area contributed by atoms with E-state index in [0.29, 0.717) is 24.7 Å². The van der Waals surface area contributed by atoms with Crippen LogP contribution >= 0.6 is 0 Å². The van der Waals surface area contributed by atoms with E-state index >= 15 is 0 Å². The maximum Gasteiger partial charge on any atom is 0.244 e. The maximum absolute atomic E-state index is 13.3. The number of primary amides is 1. The molecule has 0 aliphatic carbocycles. The lowest BCUT2D eigenvalue weighted by Gasteiger charge is -2.34. The van der Waals surface area contributed by atoms with E-state index in [2.05, 4.69) is 0 Å². The number of nitrogens with zero attached hydrogens (tertiary/aromatic N) is 1. The number of hydrogen-bond donors (Lipinski definition) is 1. The van der Waals surface area contributed by atoms with Gasteiger partial charge in [-0.15, -0.1) is 0 Å². The molecule has 0 radical (unpaired) electrons. The molecule has 0 aromatic heterocycles. The molecule has 0 saturated heterocycles. The van der Waals surface area contributed by atoms with Gasteiger partial charge in [0, 0.05) is 19.0 Å². The van der Waals surface area contributed by atoms with Crippen molar-refractivity contribution in [2.45, 2.75) is 30.3 Å².